The van der Waals surface area contributed by atoms with Crippen molar-refractivity contribution in [2.75, 3.05) is 37.5 Å². The summed E-state index contributed by atoms with van der Waals surface area (Å²) in [6.07, 6.45) is 2.39. The van der Waals surface area contributed by atoms with E-state index in [4.69, 9.17) is 4.74 Å². The zero-order valence-corrected chi connectivity index (χ0v) is 23.7. The fraction of sp³-hybridized carbons (Fsp3) is 0.212. The molecule has 0 aromatic heterocycles. The molecule has 41 heavy (non-hydrogen) atoms. The average molecular weight is 565 g/mol. The topological polar surface area (TPSA) is 95.9 Å². The number of rotatable bonds is 5. The number of benzene rings is 4. The molecule has 3 heterocycles. The highest BCUT2D eigenvalue weighted by molar-refractivity contribution is 7.85. The molecule has 3 aliphatic rings. The molecule has 0 spiro atoms. The van der Waals surface area contributed by atoms with Gasteiger partial charge in [-0.3, -0.25) is 4.79 Å². The molecule has 8 heteroatoms. The molecule has 0 saturated carbocycles. The van der Waals surface area contributed by atoms with Crippen LogP contribution in [-0.4, -0.2) is 44.6 Å². The lowest BCUT2D eigenvalue weighted by molar-refractivity contribution is 0.0696. The van der Waals surface area contributed by atoms with Crippen LogP contribution < -0.4 is 30.9 Å². The number of nitrogens with zero attached hydrogens (tertiary/aromatic N) is 1. The summed E-state index contributed by atoms with van der Waals surface area (Å²) in [6, 6.07) is 20.9. The second-order valence-corrected chi connectivity index (χ2v) is 13.6. The molecule has 3 aliphatic heterocycles. The molecule has 2 N–H and O–H groups in total. The van der Waals surface area contributed by atoms with E-state index in [1.807, 2.05) is 36.4 Å². The molecule has 0 saturated heterocycles. The second kappa shape index (κ2) is 9.35. The highest BCUT2D eigenvalue weighted by Crippen LogP contribution is 2.55. The van der Waals surface area contributed by atoms with Crippen molar-refractivity contribution in [3.05, 3.63) is 106 Å². The number of aromatic carboxylic acids is 1. The lowest BCUT2D eigenvalue weighted by Gasteiger charge is -2.37. The van der Waals surface area contributed by atoms with Crippen LogP contribution in [0.1, 0.15) is 54.5 Å². The van der Waals surface area contributed by atoms with Crippen LogP contribution in [0.25, 0.3) is 0 Å². The first-order valence-corrected chi connectivity index (χ1v) is 15.4. The van der Waals surface area contributed by atoms with E-state index in [9.17, 15) is 14.7 Å². The van der Waals surface area contributed by atoms with Crippen LogP contribution in [0, 0.1) is 0 Å². The molecule has 0 fully saturated rings. The Kier molecular flexibility index (Phi) is 5.84. The highest BCUT2D eigenvalue weighted by atomic mass is 31.2. The van der Waals surface area contributed by atoms with Gasteiger partial charge in [-0.1, -0.05) is 42.5 Å². The van der Waals surface area contributed by atoms with Gasteiger partial charge < -0.3 is 24.6 Å². The number of hydrogen-bond acceptors (Lipinski definition) is 6. The lowest BCUT2D eigenvalue weighted by Crippen LogP contribution is -2.37. The third-order valence-electron chi connectivity index (χ3n) is 8.79. The number of aldehydes is 1. The van der Waals surface area contributed by atoms with Gasteiger partial charge in [-0.25, -0.2) is 4.79 Å². The maximum atomic E-state index is 15.8. The van der Waals surface area contributed by atoms with Crippen molar-refractivity contribution in [3.63, 3.8) is 0 Å². The first-order valence-electron chi connectivity index (χ1n) is 13.7. The van der Waals surface area contributed by atoms with Crippen molar-refractivity contribution in [2.45, 2.75) is 18.8 Å². The zero-order chi connectivity index (χ0) is 28.5. The number of methoxy groups -OCH3 is 1. The number of carboxylic acids is 1. The van der Waals surface area contributed by atoms with Crippen LogP contribution in [0.15, 0.2) is 66.7 Å². The normalized spacial score (nSPS) is 20.0. The molecule has 4 aromatic rings. The lowest BCUT2D eigenvalue weighted by atomic mass is 9.80. The number of carbonyl (C=O) groups excluding carboxylic acids is 1. The molecule has 7 nitrogen and oxygen atoms in total. The number of nitrogens with one attached hydrogen (secondary N) is 1. The third-order valence-corrected chi connectivity index (χ3v) is 12.0. The van der Waals surface area contributed by atoms with Crippen molar-refractivity contribution in [1.82, 2.24) is 0 Å². The van der Waals surface area contributed by atoms with E-state index in [0.717, 1.165) is 75.5 Å². The number of likely N-dealkylation sites (N-methyl/N-ethyl adjacent to an activating group) is 1. The molecule has 7 rings (SSSR count). The smallest absolute Gasteiger partial charge is 0.335 e. The van der Waals surface area contributed by atoms with Crippen molar-refractivity contribution in [1.29, 1.82) is 0 Å². The van der Waals surface area contributed by atoms with Crippen molar-refractivity contribution >= 4 is 46.7 Å². The highest BCUT2D eigenvalue weighted by Gasteiger charge is 2.45. The Bertz CT molecular complexity index is 1820. The Hall–Kier alpha value is -4.35. The minimum absolute atomic E-state index is 0.0207. The van der Waals surface area contributed by atoms with Gasteiger partial charge in [0.2, 0.25) is 0 Å². The molecule has 2 atom stereocenters. The standard InChI is InChI=1S/C33H29N2O5P/c1-35-11-9-20-14-25-30(17-27(20)35)41(39,23-6-4-3-5-7-23)29-16-26-19(8-10-34-26)13-24(29)32(25)31-22(18-36)12-21(33(37)38)15-28(31)40-2/h3-7,12-18,32,34H,8-11H2,1-2H3,(H,37,38). The Balaban J connectivity index is 1.63. The van der Waals surface area contributed by atoms with Crippen LogP contribution in [0.2, 0.25) is 0 Å². The number of fused-ring (bicyclic) bond motifs is 4. The number of carbonyl (C=O) groups is 2. The summed E-state index contributed by atoms with van der Waals surface area (Å²) < 4.78 is 21.6. The van der Waals surface area contributed by atoms with E-state index >= 15 is 4.57 Å². The first-order chi connectivity index (χ1) is 19.8. The van der Waals surface area contributed by atoms with Crippen LogP contribution in [-0.2, 0) is 17.4 Å². The van der Waals surface area contributed by atoms with Gasteiger partial charge in [0, 0.05) is 64.5 Å². The quantitative estimate of drug-likeness (QED) is 0.243. The monoisotopic (exact) mass is 564 g/mol. The first kappa shape index (κ1) is 25.6. The summed E-state index contributed by atoms with van der Waals surface area (Å²) in [5.41, 5.74) is 6.88. The number of hydrogen-bond donors (Lipinski definition) is 2. The molecule has 2 unspecified atom stereocenters. The fourth-order valence-corrected chi connectivity index (χ4v) is 9.98. The summed E-state index contributed by atoms with van der Waals surface area (Å²) >= 11 is 0. The Morgan fingerprint density at radius 3 is 2.46 bits per heavy atom. The maximum absolute atomic E-state index is 15.8. The predicted octanol–water partition coefficient (Wildman–Crippen LogP) is 4.30. The van der Waals surface area contributed by atoms with Crippen molar-refractivity contribution < 1.29 is 24.0 Å². The van der Waals surface area contributed by atoms with E-state index in [0.29, 0.717) is 17.6 Å². The Morgan fingerprint density at radius 2 is 1.76 bits per heavy atom. The molecule has 0 radical (unpaired) electrons. The molecule has 206 valence electrons. The summed E-state index contributed by atoms with van der Waals surface area (Å²) in [6.45, 7) is 1.65. The number of anilines is 2. The SMILES string of the molecule is COc1cc(C(=O)O)cc(C=O)c1C1c2cc3c(cc2P(=O)(c2ccccc2)c2cc4c(cc21)CCN4C)NCC3. The van der Waals surface area contributed by atoms with Crippen molar-refractivity contribution in [2.24, 2.45) is 0 Å². The average Bonchev–Trinajstić information content (AvgIpc) is 3.61. The minimum Gasteiger partial charge on any atom is -0.496 e. The fourth-order valence-electron chi connectivity index (χ4n) is 6.84. The van der Waals surface area contributed by atoms with Crippen LogP contribution >= 0.6 is 7.14 Å². The number of ether oxygens (including phenoxy) is 1. The predicted molar refractivity (Wildman–Crippen MR) is 161 cm³/mol. The second-order valence-electron chi connectivity index (χ2n) is 10.9. The van der Waals surface area contributed by atoms with Gasteiger partial charge >= 0.3 is 5.97 Å². The molecule has 0 aliphatic carbocycles. The molecular formula is C33H29N2O5P. The van der Waals surface area contributed by atoms with Crippen LogP contribution in [0.4, 0.5) is 11.4 Å². The maximum Gasteiger partial charge on any atom is 0.335 e. The molecule has 0 bridgehead atoms. The minimum atomic E-state index is -3.36. The summed E-state index contributed by atoms with van der Waals surface area (Å²) in [7, 11) is 0.183. The number of carboxylic acid groups (broad SMARTS) is 1. The summed E-state index contributed by atoms with van der Waals surface area (Å²) in [5.74, 6) is -1.30. The van der Waals surface area contributed by atoms with Gasteiger partial charge in [0.1, 0.15) is 5.75 Å². The summed E-state index contributed by atoms with van der Waals surface area (Å²) in [5, 5.41) is 15.4. The van der Waals surface area contributed by atoms with E-state index in [2.05, 4.69) is 35.5 Å². The van der Waals surface area contributed by atoms with Gasteiger partial charge in [0.05, 0.1) is 12.7 Å². The van der Waals surface area contributed by atoms with Gasteiger partial charge in [-0.05, 0) is 59.4 Å². The molecule has 0 amide bonds. The van der Waals surface area contributed by atoms with Gasteiger partial charge in [-0.2, -0.15) is 0 Å². The largest absolute Gasteiger partial charge is 0.496 e. The summed E-state index contributed by atoms with van der Waals surface area (Å²) in [4.78, 5) is 26.7. The van der Waals surface area contributed by atoms with Crippen LogP contribution in [0.5, 0.6) is 5.75 Å². The van der Waals surface area contributed by atoms with E-state index in [1.165, 1.54) is 19.2 Å². The van der Waals surface area contributed by atoms with E-state index < -0.39 is 19.0 Å². The van der Waals surface area contributed by atoms with E-state index in [1.54, 1.807) is 0 Å². The Labute approximate surface area is 238 Å². The van der Waals surface area contributed by atoms with Gasteiger partial charge in [0.15, 0.2) is 13.4 Å². The molecule has 4 aromatic carbocycles. The van der Waals surface area contributed by atoms with Crippen LogP contribution in [0.3, 0.4) is 0 Å². The van der Waals surface area contributed by atoms with E-state index in [-0.39, 0.29) is 11.1 Å². The van der Waals surface area contributed by atoms with Gasteiger partial charge in [0.25, 0.3) is 0 Å². The Morgan fingerprint density at radius 1 is 1.02 bits per heavy atom. The van der Waals surface area contributed by atoms with Gasteiger partial charge in [-0.15, -0.1) is 0 Å². The van der Waals surface area contributed by atoms with Crippen molar-refractivity contribution in [3.8, 4) is 5.75 Å². The zero-order valence-electron chi connectivity index (χ0n) is 22.8. The third kappa shape index (κ3) is 3.69. The molecular weight excluding hydrogens is 535 g/mol.